The smallest absolute Gasteiger partial charge is 0.247 e. The number of sulfonamides is 1. The molecule has 1 saturated carbocycles. The number of hydrogen-bond donors (Lipinski definition) is 1. The number of nitrogens with zero attached hydrogens (tertiary/aromatic N) is 1. The summed E-state index contributed by atoms with van der Waals surface area (Å²) in [6.45, 7) is 2.14. The summed E-state index contributed by atoms with van der Waals surface area (Å²) in [5.41, 5.74) is 0. The van der Waals surface area contributed by atoms with E-state index in [1.54, 1.807) is 18.2 Å². The topological polar surface area (TPSA) is 66.8 Å². The molecular formula is C14H20BrNO4S. The lowest BCUT2D eigenvalue weighted by Gasteiger charge is -2.36. The minimum absolute atomic E-state index is 0.0180. The van der Waals surface area contributed by atoms with Crippen LogP contribution >= 0.6 is 15.9 Å². The fourth-order valence-electron chi connectivity index (χ4n) is 2.36. The summed E-state index contributed by atoms with van der Waals surface area (Å²) < 4.78 is 33.4. The maximum Gasteiger partial charge on any atom is 0.247 e. The van der Waals surface area contributed by atoms with Crippen molar-refractivity contribution in [3.63, 3.8) is 0 Å². The highest BCUT2D eigenvalue weighted by atomic mass is 79.9. The molecule has 1 aliphatic rings. The Balaban J connectivity index is 2.43. The first kappa shape index (κ1) is 16.7. The van der Waals surface area contributed by atoms with Crippen molar-refractivity contribution in [2.24, 2.45) is 0 Å². The monoisotopic (exact) mass is 377 g/mol. The molecule has 0 saturated heterocycles. The van der Waals surface area contributed by atoms with Crippen LogP contribution in [0.3, 0.4) is 0 Å². The van der Waals surface area contributed by atoms with Crippen LogP contribution in [0.4, 0.5) is 0 Å². The number of rotatable bonds is 7. The zero-order valence-electron chi connectivity index (χ0n) is 12.0. The van der Waals surface area contributed by atoms with Gasteiger partial charge < -0.3 is 9.84 Å². The van der Waals surface area contributed by atoms with Gasteiger partial charge in [0.15, 0.2) is 0 Å². The van der Waals surface area contributed by atoms with Gasteiger partial charge in [0, 0.05) is 17.1 Å². The summed E-state index contributed by atoms with van der Waals surface area (Å²) in [6, 6.07) is 4.95. The molecule has 0 spiro atoms. The molecule has 5 nitrogen and oxygen atoms in total. The summed E-state index contributed by atoms with van der Waals surface area (Å²) in [4.78, 5) is 0.152. The highest BCUT2D eigenvalue weighted by Gasteiger charge is 2.36. The average molecular weight is 378 g/mol. The second-order valence-corrected chi connectivity index (χ2v) is 7.72. The van der Waals surface area contributed by atoms with E-state index in [1.165, 1.54) is 4.31 Å². The molecule has 0 unspecified atom stereocenters. The molecule has 0 amide bonds. The molecular weight excluding hydrogens is 358 g/mol. The Morgan fingerprint density at radius 3 is 2.67 bits per heavy atom. The van der Waals surface area contributed by atoms with E-state index in [4.69, 9.17) is 4.74 Å². The van der Waals surface area contributed by atoms with Crippen LogP contribution in [0, 0.1) is 0 Å². The average Bonchev–Trinajstić information content (AvgIpc) is 2.38. The number of benzene rings is 1. The summed E-state index contributed by atoms with van der Waals surface area (Å²) in [5, 5.41) is 9.20. The largest absolute Gasteiger partial charge is 0.492 e. The normalized spacial score (nSPS) is 16.0. The maximum absolute atomic E-state index is 12.9. The van der Waals surface area contributed by atoms with Gasteiger partial charge in [0.2, 0.25) is 10.0 Å². The minimum atomic E-state index is -3.68. The molecule has 0 aromatic heterocycles. The highest BCUT2D eigenvalue weighted by Crippen LogP contribution is 2.34. The van der Waals surface area contributed by atoms with Crippen molar-refractivity contribution in [1.82, 2.24) is 4.31 Å². The second-order valence-electron chi connectivity index (χ2n) is 4.95. The van der Waals surface area contributed by atoms with Crippen molar-refractivity contribution < 1.29 is 18.3 Å². The Labute approximate surface area is 134 Å². The van der Waals surface area contributed by atoms with Gasteiger partial charge in [-0.05, 0) is 38.0 Å². The lowest BCUT2D eigenvalue weighted by molar-refractivity contribution is 0.177. The van der Waals surface area contributed by atoms with E-state index in [2.05, 4.69) is 15.9 Å². The number of aliphatic hydroxyl groups excluding tert-OH is 1. The molecule has 1 aromatic rings. The van der Waals surface area contributed by atoms with Gasteiger partial charge in [-0.2, -0.15) is 4.31 Å². The van der Waals surface area contributed by atoms with Gasteiger partial charge in [0.1, 0.15) is 10.6 Å². The van der Waals surface area contributed by atoms with Crippen LogP contribution in [-0.2, 0) is 10.0 Å². The van der Waals surface area contributed by atoms with Crippen LogP contribution in [0.1, 0.15) is 26.2 Å². The summed E-state index contributed by atoms with van der Waals surface area (Å²) in [5.74, 6) is 0.350. The quantitative estimate of drug-likeness (QED) is 0.791. The van der Waals surface area contributed by atoms with Crippen LogP contribution in [-0.4, -0.2) is 43.6 Å². The lowest BCUT2D eigenvalue weighted by Crippen LogP contribution is -2.45. The van der Waals surface area contributed by atoms with E-state index < -0.39 is 10.0 Å². The van der Waals surface area contributed by atoms with E-state index in [1.807, 2.05) is 6.92 Å². The number of halogens is 1. The molecule has 118 valence electrons. The Hall–Kier alpha value is -0.630. The Kier molecular flexibility index (Phi) is 5.65. The standard InChI is InChI=1S/C14H20BrNO4S/c1-2-20-13-7-6-11(15)10-14(13)21(18,19)16(8-9-17)12-4-3-5-12/h6-7,10,12,17H,2-5,8-9H2,1H3. The zero-order chi connectivity index (χ0) is 15.5. The fourth-order valence-corrected chi connectivity index (χ4v) is 4.70. The zero-order valence-corrected chi connectivity index (χ0v) is 14.4. The molecule has 0 atom stereocenters. The minimum Gasteiger partial charge on any atom is -0.492 e. The van der Waals surface area contributed by atoms with Gasteiger partial charge in [-0.25, -0.2) is 8.42 Å². The van der Waals surface area contributed by atoms with E-state index >= 15 is 0 Å². The molecule has 7 heteroatoms. The molecule has 0 radical (unpaired) electrons. The van der Waals surface area contributed by atoms with Crippen LogP contribution in [0.15, 0.2) is 27.6 Å². The highest BCUT2D eigenvalue weighted by molar-refractivity contribution is 9.10. The van der Waals surface area contributed by atoms with Crippen molar-refractivity contribution >= 4 is 26.0 Å². The summed E-state index contributed by atoms with van der Waals surface area (Å²) >= 11 is 3.31. The van der Waals surface area contributed by atoms with E-state index in [-0.39, 0.29) is 24.1 Å². The summed E-state index contributed by atoms with van der Waals surface area (Å²) in [6.07, 6.45) is 2.72. The third-order valence-corrected chi connectivity index (χ3v) is 6.06. The van der Waals surface area contributed by atoms with Crippen LogP contribution in [0.25, 0.3) is 0 Å². The van der Waals surface area contributed by atoms with Gasteiger partial charge in [-0.15, -0.1) is 0 Å². The van der Waals surface area contributed by atoms with Gasteiger partial charge in [0.25, 0.3) is 0 Å². The molecule has 1 N–H and O–H groups in total. The first-order chi connectivity index (χ1) is 10.0. The first-order valence-corrected chi connectivity index (χ1v) is 9.29. The molecule has 1 aromatic carbocycles. The van der Waals surface area contributed by atoms with Crippen LogP contribution in [0.5, 0.6) is 5.75 Å². The molecule has 1 fully saturated rings. The SMILES string of the molecule is CCOc1ccc(Br)cc1S(=O)(=O)N(CCO)C1CCC1. The van der Waals surface area contributed by atoms with E-state index in [0.717, 1.165) is 19.3 Å². The van der Waals surface area contributed by atoms with Gasteiger partial charge >= 0.3 is 0 Å². The van der Waals surface area contributed by atoms with Gasteiger partial charge in [-0.3, -0.25) is 0 Å². The fraction of sp³-hybridized carbons (Fsp3) is 0.571. The van der Waals surface area contributed by atoms with Gasteiger partial charge in [-0.1, -0.05) is 22.4 Å². The molecule has 0 aliphatic heterocycles. The summed E-state index contributed by atoms with van der Waals surface area (Å²) in [7, 11) is -3.68. The van der Waals surface area contributed by atoms with E-state index in [9.17, 15) is 13.5 Å². The van der Waals surface area contributed by atoms with Crippen molar-refractivity contribution in [3.05, 3.63) is 22.7 Å². The van der Waals surface area contributed by atoms with Crippen LogP contribution in [0.2, 0.25) is 0 Å². The Bertz CT molecular complexity index is 587. The van der Waals surface area contributed by atoms with Gasteiger partial charge in [0.05, 0.1) is 13.2 Å². The predicted molar refractivity (Wildman–Crippen MR) is 83.9 cm³/mol. The third kappa shape index (κ3) is 3.59. The second kappa shape index (κ2) is 7.09. The van der Waals surface area contributed by atoms with Crippen molar-refractivity contribution in [3.8, 4) is 5.75 Å². The van der Waals surface area contributed by atoms with Crippen molar-refractivity contribution in [2.75, 3.05) is 19.8 Å². The maximum atomic E-state index is 12.9. The Morgan fingerprint density at radius 1 is 1.43 bits per heavy atom. The number of ether oxygens (including phenoxy) is 1. The Morgan fingerprint density at radius 2 is 2.14 bits per heavy atom. The van der Waals surface area contributed by atoms with Crippen molar-refractivity contribution in [2.45, 2.75) is 37.1 Å². The first-order valence-electron chi connectivity index (χ1n) is 7.05. The van der Waals surface area contributed by atoms with Crippen LogP contribution < -0.4 is 4.74 Å². The predicted octanol–water partition coefficient (Wildman–Crippen LogP) is 2.38. The molecule has 21 heavy (non-hydrogen) atoms. The molecule has 0 bridgehead atoms. The lowest BCUT2D eigenvalue weighted by atomic mass is 9.93. The number of aliphatic hydroxyl groups is 1. The van der Waals surface area contributed by atoms with Crippen molar-refractivity contribution in [1.29, 1.82) is 0 Å². The molecule has 0 heterocycles. The number of hydrogen-bond acceptors (Lipinski definition) is 4. The molecule has 2 rings (SSSR count). The van der Waals surface area contributed by atoms with E-state index in [0.29, 0.717) is 16.8 Å². The molecule has 1 aliphatic carbocycles. The third-order valence-electron chi connectivity index (χ3n) is 3.59.